The molecule has 0 radical (unpaired) electrons. The number of amides is 1. The number of sulfonamides is 1. The third-order valence-corrected chi connectivity index (χ3v) is 8.87. The predicted molar refractivity (Wildman–Crippen MR) is 129 cm³/mol. The number of benzene rings is 1. The van der Waals surface area contributed by atoms with Crippen LogP contribution in [0.1, 0.15) is 32.6 Å². The minimum Gasteiger partial charge on any atom is -0.367 e. The van der Waals surface area contributed by atoms with Crippen LogP contribution in [0.3, 0.4) is 0 Å². The molecule has 11 heteroatoms. The SMILES string of the molecule is CC(=O)N1CCC2(CCN(c3c(F)ccc4cnc(NC5CCN(S(C)(=O)=O)CC5)nc34)C2)C1. The fourth-order valence-corrected chi connectivity index (χ4v) is 6.48. The van der Waals surface area contributed by atoms with Crippen molar-refractivity contribution in [3.8, 4) is 0 Å². The highest BCUT2D eigenvalue weighted by atomic mass is 32.2. The van der Waals surface area contributed by atoms with Gasteiger partial charge in [-0.3, -0.25) is 4.79 Å². The Bertz CT molecular complexity index is 1220. The Kier molecular flexibility index (Phi) is 5.87. The van der Waals surface area contributed by atoms with Gasteiger partial charge < -0.3 is 15.1 Å². The van der Waals surface area contributed by atoms with Crippen LogP contribution < -0.4 is 10.2 Å². The van der Waals surface area contributed by atoms with Crippen LogP contribution in [0.2, 0.25) is 0 Å². The Morgan fingerprint density at radius 3 is 2.56 bits per heavy atom. The Morgan fingerprint density at radius 1 is 1.15 bits per heavy atom. The van der Waals surface area contributed by atoms with E-state index < -0.39 is 10.0 Å². The fraction of sp³-hybridized carbons (Fsp3) is 0.609. The van der Waals surface area contributed by atoms with Gasteiger partial charge in [0.05, 0.1) is 11.9 Å². The van der Waals surface area contributed by atoms with Crippen molar-refractivity contribution in [2.75, 3.05) is 55.7 Å². The first-order chi connectivity index (χ1) is 16.1. The van der Waals surface area contributed by atoms with Gasteiger partial charge in [0.25, 0.3) is 0 Å². The molecular weight excluding hydrogens is 459 g/mol. The summed E-state index contributed by atoms with van der Waals surface area (Å²) in [5.74, 6) is 0.212. The maximum Gasteiger partial charge on any atom is 0.223 e. The third kappa shape index (κ3) is 4.43. The van der Waals surface area contributed by atoms with Crippen molar-refractivity contribution in [1.29, 1.82) is 0 Å². The van der Waals surface area contributed by atoms with Crippen molar-refractivity contribution in [2.45, 2.75) is 38.6 Å². The molecule has 0 bridgehead atoms. The monoisotopic (exact) mass is 490 g/mol. The smallest absolute Gasteiger partial charge is 0.223 e. The number of aromatic nitrogens is 2. The molecule has 3 saturated heterocycles. The van der Waals surface area contributed by atoms with Crippen molar-refractivity contribution in [3.63, 3.8) is 0 Å². The second kappa shape index (κ2) is 8.60. The molecule has 3 fully saturated rings. The highest BCUT2D eigenvalue weighted by molar-refractivity contribution is 7.88. The molecule has 1 N–H and O–H groups in total. The van der Waals surface area contributed by atoms with Crippen molar-refractivity contribution < 1.29 is 17.6 Å². The quantitative estimate of drug-likeness (QED) is 0.700. The standard InChI is InChI=1S/C23H31FN6O3S/c1-16(31)28-11-7-23(14-28)8-12-29(15-23)21-19(24)4-3-17-13-25-22(27-20(17)21)26-18-5-9-30(10-6-18)34(2,32)33/h3-4,13,18H,5-12,14-15H2,1-2H3,(H,25,26,27). The minimum absolute atomic E-state index is 0.00195. The molecule has 0 saturated carbocycles. The topological polar surface area (TPSA) is 98.7 Å². The van der Waals surface area contributed by atoms with Gasteiger partial charge in [-0.1, -0.05) is 0 Å². The molecule has 5 rings (SSSR count). The summed E-state index contributed by atoms with van der Waals surface area (Å²) in [5, 5.41) is 4.09. The molecule has 184 valence electrons. The number of hydrogen-bond donors (Lipinski definition) is 1. The minimum atomic E-state index is -3.18. The van der Waals surface area contributed by atoms with E-state index in [0.717, 1.165) is 37.9 Å². The lowest BCUT2D eigenvalue weighted by molar-refractivity contribution is -0.128. The molecule has 9 nitrogen and oxygen atoms in total. The largest absolute Gasteiger partial charge is 0.367 e. The van der Waals surface area contributed by atoms with Crippen molar-refractivity contribution in [1.82, 2.24) is 19.2 Å². The number of hydrogen-bond acceptors (Lipinski definition) is 7. The van der Waals surface area contributed by atoms with E-state index in [1.165, 1.54) is 16.6 Å². The first-order valence-corrected chi connectivity index (χ1v) is 13.7. The average molecular weight is 491 g/mol. The van der Waals surface area contributed by atoms with Gasteiger partial charge in [0, 0.05) is 69.2 Å². The molecule has 1 amide bonds. The number of rotatable bonds is 4. The zero-order valence-corrected chi connectivity index (χ0v) is 20.4. The Morgan fingerprint density at radius 2 is 1.88 bits per heavy atom. The van der Waals surface area contributed by atoms with Crippen molar-refractivity contribution in [3.05, 3.63) is 24.1 Å². The second-order valence-electron chi connectivity index (χ2n) is 9.97. The second-order valence-corrected chi connectivity index (χ2v) is 12.0. The van der Waals surface area contributed by atoms with Gasteiger partial charge >= 0.3 is 0 Å². The van der Waals surface area contributed by atoms with Crippen molar-refractivity contribution in [2.24, 2.45) is 5.41 Å². The van der Waals surface area contributed by atoms with Crippen LogP contribution in [-0.4, -0.2) is 85.1 Å². The summed E-state index contributed by atoms with van der Waals surface area (Å²) in [6.45, 7) is 5.41. The molecule has 1 atom stereocenters. The van der Waals surface area contributed by atoms with Crippen LogP contribution >= 0.6 is 0 Å². The van der Waals surface area contributed by atoms with Gasteiger partial charge in [0.1, 0.15) is 11.3 Å². The summed E-state index contributed by atoms with van der Waals surface area (Å²) in [4.78, 5) is 24.9. The molecule has 1 unspecified atom stereocenters. The third-order valence-electron chi connectivity index (χ3n) is 7.57. The number of anilines is 2. The molecular formula is C23H31FN6O3S. The molecule has 1 spiro atoms. The van der Waals surface area contributed by atoms with Crippen LogP contribution in [0.25, 0.3) is 10.9 Å². The number of piperidine rings is 1. The van der Waals surface area contributed by atoms with Gasteiger partial charge in [-0.05, 0) is 37.8 Å². The predicted octanol–water partition coefficient (Wildman–Crippen LogP) is 2.05. The lowest BCUT2D eigenvalue weighted by Crippen LogP contribution is -2.42. The zero-order chi connectivity index (χ0) is 24.1. The van der Waals surface area contributed by atoms with E-state index >= 15 is 4.39 Å². The summed E-state index contributed by atoms with van der Waals surface area (Å²) in [6.07, 6.45) is 6.11. The van der Waals surface area contributed by atoms with E-state index in [1.807, 2.05) is 4.90 Å². The first-order valence-electron chi connectivity index (χ1n) is 11.8. The molecule has 2 aromatic rings. The Balaban J connectivity index is 1.36. The summed E-state index contributed by atoms with van der Waals surface area (Å²) in [5.41, 5.74) is 1.07. The van der Waals surface area contributed by atoms with E-state index in [-0.39, 0.29) is 23.2 Å². The zero-order valence-electron chi connectivity index (χ0n) is 19.6. The number of likely N-dealkylation sites (tertiary alicyclic amines) is 1. The first kappa shape index (κ1) is 23.2. The number of carbonyl (C=O) groups excluding carboxylic acids is 1. The van der Waals surface area contributed by atoms with Gasteiger partial charge in [0.15, 0.2) is 0 Å². The summed E-state index contributed by atoms with van der Waals surface area (Å²) in [6, 6.07) is 3.22. The normalized spacial score (nSPS) is 24.4. The van der Waals surface area contributed by atoms with Gasteiger partial charge in [-0.15, -0.1) is 0 Å². The molecule has 4 heterocycles. The van der Waals surface area contributed by atoms with E-state index in [4.69, 9.17) is 4.98 Å². The molecule has 1 aromatic carbocycles. The number of halogens is 1. The van der Waals surface area contributed by atoms with Crippen LogP contribution in [-0.2, 0) is 14.8 Å². The van der Waals surface area contributed by atoms with Gasteiger partial charge in [-0.25, -0.2) is 27.1 Å². The van der Waals surface area contributed by atoms with Crippen LogP contribution in [0.15, 0.2) is 18.3 Å². The lowest BCUT2D eigenvalue weighted by Gasteiger charge is -2.30. The summed E-state index contributed by atoms with van der Waals surface area (Å²) in [7, 11) is -3.18. The molecule has 0 aliphatic carbocycles. The Hall–Kier alpha value is -2.53. The summed E-state index contributed by atoms with van der Waals surface area (Å²) >= 11 is 0. The lowest BCUT2D eigenvalue weighted by atomic mass is 9.86. The maximum atomic E-state index is 15.1. The van der Waals surface area contributed by atoms with E-state index in [2.05, 4.69) is 15.2 Å². The van der Waals surface area contributed by atoms with Gasteiger partial charge in [0.2, 0.25) is 21.9 Å². The summed E-state index contributed by atoms with van der Waals surface area (Å²) < 4.78 is 40.2. The van der Waals surface area contributed by atoms with Crippen LogP contribution in [0.4, 0.5) is 16.0 Å². The van der Waals surface area contributed by atoms with E-state index in [9.17, 15) is 13.2 Å². The highest BCUT2D eigenvalue weighted by Gasteiger charge is 2.45. The molecule has 34 heavy (non-hydrogen) atoms. The van der Waals surface area contributed by atoms with Crippen LogP contribution in [0, 0.1) is 11.2 Å². The molecule has 3 aliphatic rings. The van der Waals surface area contributed by atoms with E-state index in [0.29, 0.717) is 49.6 Å². The highest BCUT2D eigenvalue weighted by Crippen LogP contribution is 2.43. The van der Waals surface area contributed by atoms with Gasteiger partial charge in [-0.2, -0.15) is 0 Å². The fourth-order valence-electron chi connectivity index (χ4n) is 5.61. The number of nitrogens with zero attached hydrogens (tertiary/aromatic N) is 5. The maximum absolute atomic E-state index is 15.1. The molecule has 3 aliphatic heterocycles. The van der Waals surface area contributed by atoms with Crippen molar-refractivity contribution >= 4 is 38.5 Å². The van der Waals surface area contributed by atoms with E-state index in [1.54, 1.807) is 19.2 Å². The average Bonchev–Trinajstić information content (AvgIpc) is 3.40. The Labute approximate surface area is 199 Å². The molecule has 1 aromatic heterocycles. The number of nitrogens with one attached hydrogen (secondary N) is 1. The van der Waals surface area contributed by atoms with Crippen LogP contribution in [0.5, 0.6) is 0 Å². The number of fused-ring (bicyclic) bond motifs is 1. The number of carbonyl (C=O) groups is 1.